The van der Waals surface area contributed by atoms with Gasteiger partial charge in [0.05, 0.1) is 6.20 Å². The molecule has 2 heterocycles. The fraction of sp³-hybridized carbons (Fsp3) is 0. The number of benzene rings is 1. The molecule has 2 aromatic heterocycles. The predicted molar refractivity (Wildman–Crippen MR) is 56.0 cm³/mol. The summed E-state index contributed by atoms with van der Waals surface area (Å²) in [5.74, 6) is 0. The topological polar surface area (TPSA) is 12.9 Å². The van der Waals surface area contributed by atoms with Crippen molar-refractivity contribution in [1.29, 1.82) is 0 Å². The first-order valence-corrected chi connectivity index (χ1v) is 4.91. The lowest BCUT2D eigenvalue weighted by molar-refractivity contribution is 1.43. The Labute approximate surface area is 79.7 Å². The Hall–Kier alpha value is -1.41. The van der Waals surface area contributed by atoms with Gasteiger partial charge < -0.3 is 0 Å². The number of thiophene rings is 1. The van der Waals surface area contributed by atoms with Crippen LogP contribution in [0.25, 0.3) is 20.3 Å². The van der Waals surface area contributed by atoms with Crippen molar-refractivity contribution in [2.45, 2.75) is 0 Å². The van der Waals surface area contributed by atoms with Crippen LogP contribution in [0.4, 0.5) is 0 Å². The van der Waals surface area contributed by atoms with Crippen molar-refractivity contribution >= 4 is 31.6 Å². The molecule has 0 aliphatic rings. The molecule has 2 heteroatoms. The van der Waals surface area contributed by atoms with Gasteiger partial charge in [-0.05, 0) is 18.2 Å². The van der Waals surface area contributed by atoms with Gasteiger partial charge in [0.1, 0.15) is 4.83 Å². The summed E-state index contributed by atoms with van der Waals surface area (Å²) < 4.78 is 1.30. The summed E-state index contributed by atoms with van der Waals surface area (Å²) in [6.07, 6.45) is 2.86. The average molecular weight is 184 g/mol. The standard InChI is InChI=1S/C11H6NS/c1-2-6-10-8(4-1)9-5-3-7-12-11(9)13-10/h1-6H. The third-order valence-electron chi connectivity index (χ3n) is 2.10. The number of nitrogens with zero attached hydrogens (tertiary/aromatic N) is 1. The Morgan fingerprint density at radius 3 is 3.00 bits per heavy atom. The second-order valence-electron chi connectivity index (χ2n) is 2.89. The van der Waals surface area contributed by atoms with E-state index in [0.717, 1.165) is 4.83 Å². The molecule has 3 rings (SSSR count). The Bertz CT molecular complexity index is 518. The molecule has 0 bridgehead atoms. The zero-order valence-electron chi connectivity index (χ0n) is 6.82. The summed E-state index contributed by atoms with van der Waals surface area (Å²) in [4.78, 5) is 5.28. The molecule has 3 aromatic rings. The third kappa shape index (κ3) is 0.956. The van der Waals surface area contributed by atoms with E-state index in [0.29, 0.717) is 0 Å². The van der Waals surface area contributed by atoms with Crippen LogP contribution in [0.3, 0.4) is 0 Å². The van der Waals surface area contributed by atoms with Crippen molar-refractivity contribution in [3.05, 3.63) is 42.6 Å². The van der Waals surface area contributed by atoms with E-state index in [-0.39, 0.29) is 0 Å². The summed E-state index contributed by atoms with van der Waals surface area (Å²) in [5.41, 5.74) is 0. The van der Waals surface area contributed by atoms with Crippen LogP contribution in [0.2, 0.25) is 0 Å². The van der Waals surface area contributed by atoms with Crippen LogP contribution in [0.1, 0.15) is 0 Å². The van der Waals surface area contributed by atoms with Gasteiger partial charge in [0, 0.05) is 15.5 Å². The van der Waals surface area contributed by atoms with Crippen LogP contribution in [-0.4, -0.2) is 4.98 Å². The van der Waals surface area contributed by atoms with Gasteiger partial charge in [-0.2, -0.15) is 0 Å². The molecule has 0 fully saturated rings. The van der Waals surface area contributed by atoms with Crippen LogP contribution in [-0.2, 0) is 0 Å². The van der Waals surface area contributed by atoms with E-state index < -0.39 is 0 Å². The fourth-order valence-corrected chi connectivity index (χ4v) is 2.54. The molecule has 0 amide bonds. The lowest BCUT2D eigenvalue weighted by Gasteiger charge is -1.87. The Morgan fingerprint density at radius 2 is 2.00 bits per heavy atom. The first-order chi connectivity index (χ1) is 6.45. The maximum atomic E-state index is 4.21. The van der Waals surface area contributed by atoms with Gasteiger partial charge in [0.15, 0.2) is 0 Å². The maximum absolute atomic E-state index is 4.21. The summed E-state index contributed by atoms with van der Waals surface area (Å²) in [7, 11) is 0. The van der Waals surface area contributed by atoms with Gasteiger partial charge in [-0.3, -0.25) is 0 Å². The first kappa shape index (κ1) is 7.04. The van der Waals surface area contributed by atoms with Crippen molar-refractivity contribution in [2.75, 3.05) is 0 Å². The second kappa shape index (κ2) is 2.54. The smallest absolute Gasteiger partial charge is 0.125 e. The molecule has 0 spiro atoms. The van der Waals surface area contributed by atoms with Gasteiger partial charge in [-0.15, -0.1) is 11.3 Å². The van der Waals surface area contributed by atoms with Gasteiger partial charge >= 0.3 is 0 Å². The van der Waals surface area contributed by atoms with Gasteiger partial charge in [-0.25, -0.2) is 4.98 Å². The molecule has 0 saturated carbocycles. The number of hydrogen-bond acceptors (Lipinski definition) is 2. The molecule has 0 saturated heterocycles. The molecule has 0 unspecified atom stereocenters. The van der Waals surface area contributed by atoms with Crippen molar-refractivity contribution < 1.29 is 0 Å². The summed E-state index contributed by atoms with van der Waals surface area (Å²) in [6.45, 7) is 0. The van der Waals surface area contributed by atoms with E-state index in [4.69, 9.17) is 0 Å². The minimum Gasteiger partial charge on any atom is -0.235 e. The second-order valence-corrected chi connectivity index (χ2v) is 3.92. The highest BCUT2D eigenvalue weighted by Gasteiger charge is 2.02. The quantitative estimate of drug-likeness (QED) is 0.522. The Balaban J connectivity index is 2.64. The first-order valence-electron chi connectivity index (χ1n) is 4.09. The SMILES string of the molecule is [c]1ccc2c(n1)sc1ccccc12. The third-order valence-corrected chi connectivity index (χ3v) is 3.19. The molecule has 0 aliphatic carbocycles. The number of aromatic nitrogens is 1. The Kier molecular flexibility index (Phi) is 1.37. The van der Waals surface area contributed by atoms with Crippen molar-refractivity contribution in [3.63, 3.8) is 0 Å². The van der Waals surface area contributed by atoms with E-state index in [1.807, 2.05) is 6.07 Å². The largest absolute Gasteiger partial charge is 0.235 e. The summed E-state index contributed by atoms with van der Waals surface area (Å²) in [5, 5.41) is 2.53. The summed E-state index contributed by atoms with van der Waals surface area (Å²) >= 11 is 1.72. The highest BCUT2D eigenvalue weighted by Crippen LogP contribution is 2.31. The van der Waals surface area contributed by atoms with Gasteiger partial charge in [0.2, 0.25) is 0 Å². The van der Waals surface area contributed by atoms with E-state index in [2.05, 4.69) is 41.5 Å². The molecule has 1 nitrogen and oxygen atoms in total. The van der Waals surface area contributed by atoms with Gasteiger partial charge in [0.25, 0.3) is 0 Å². The minimum atomic E-state index is 1.07. The fourth-order valence-electron chi connectivity index (χ4n) is 1.51. The minimum absolute atomic E-state index is 1.07. The predicted octanol–water partition coefficient (Wildman–Crippen LogP) is 3.25. The molecular weight excluding hydrogens is 178 g/mol. The lowest BCUT2D eigenvalue weighted by Crippen LogP contribution is -1.68. The van der Waals surface area contributed by atoms with Crippen LogP contribution in [0, 0.1) is 6.20 Å². The molecule has 13 heavy (non-hydrogen) atoms. The Morgan fingerprint density at radius 1 is 1.08 bits per heavy atom. The summed E-state index contributed by atoms with van der Waals surface area (Å²) in [6, 6.07) is 12.3. The lowest BCUT2D eigenvalue weighted by atomic mass is 10.2. The highest BCUT2D eigenvalue weighted by molar-refractivity contribution is 7.25. The zero-order chi connectivity index (χ0) is 8.67. The van der Waals surface area contributed by atoms with E-state index in [1.165, 1.54) is 15.5 Å². The molecule has 61 valence electrons. The maximum Gasteiger partial charge on any atom is 0.125 e. The number of pyridine rings is 1. The van der Waals surface area contributed by atoms with E-state index in [1.54, 1.807) is 11.3 Å². The normalized spacial score (nSPS) is 11.1. The molecular formula is C11H6NS. The van der Waals surface area contributed by atoms with Crippen molar-refractivity contribution in [1.82, 2.24) is 4.98 Å². The van der Waals surface area contributed by atoms with Gasteiger partial charge in [-0.1, -0.05) is 18.2 Å². The molecule has 0 aliphatic heterocycles. The number of hydrogen-bond donors (Lipinski definition) is 0. The van der Waals surface area contributed by atoms with Crippen LogP contribution < -0.4 is 0 Å². The molecule has 0 N–H and O–H groups in total. The zero-order valence-corrected chi connectivity index (χ0v) is 7.64. The van der Waals surface area contributed by atoms with Crippen LogP contribution >= 0.6 is 11.3 Å². The van der Waals surface area contributed by atoms with E-state index in [9.17, 15) is 0 Å². The average Bonchev–Trinajstić information content (AvgIpc) is 2.56. The van der Waals surface area contributed by atoms with Crippen LogP contribution in [0.15, 0.2) is 36.4 Å². The molecule has 1 aromatic carbocycles. The molecule has 0 atom stereocenters. The van der Waals surface area contributed by atoms with E-state index >= 15 is 0 Å². The molecule has 1 radical (unpaired) electrons. The number of rotatable bonds is 0. The van der Waals surface area contributed by atoms with Crippen molar-refractivity contribution in [2.24, 2.45) is 0 Å². The van der Waals surface area contributed by atoms with Crippen LogP contribution in [0.5, 0.6) is 0 Å². The number of fused-ring (bicyclic) bond motifs is 3. The van der Waals surface area contributed by atoms with Crippen molar-refractivity contribution in [3.8, 4) is 0 Å². The monoisotopic (exact) mass is 184 g/mol. The highest BCUT2D eigenvalue weighted by atomic mass is 32.1.